The topological polar surface area (TPSA) is 86.1 Å². The molecule has 3 rings (SSSR count). The molecule has 0 saturated carbocycles. The van der Waals surface area contributed by atoms with Crippen molar-refractivity contribution in [3.8, 4) is 5.75 Å². The number of hydrogen-bond acceptors (Lipinski definition) is 5. The number of fused-ring (bicyclic) bond motifs is 1. The Kier molecular flexibility index (Phi) is 4.97. The Morgan fingerprint density at radius 3 is 2.50 bits per heavy atom. The highest BCUT2D eigenvalue weighted by Gasteiger charge is 2.21. The first-order chi connectivity index (χ1) is 12.5. The minimum atomic E-state index is -0.777. The Labute approximate surface area is 150 Å². The number of hydrogen-bond donors (Lipinski definition) is 1. The average molecular weight is 352 g/mol. The fourth-order valence-electron chi connectivity index (χ4n) is 2.68. The molecule has 0 fully saturated rings. The molecule has 0 bridgehead atoms. The third-order valence-corrected chi connectivity index (χ3v) is 4.31. The van der Waals surface area contributed by atoms with Gasteiger partial charge in [0.25, 0.3) is 5.56 Å². The normalized spacial score (nSPS) is 13.2. The van der Waals surface area contributed by atoms with E-state index in [4.69, 9.17) is 4.74 Å². The molecule has 0 saturated heterocycles. The predicted octanol–water partition coefficient (Wildman–Crippen LogP) is 2.24. The van der Waals surface area contributed by atoms with Crippen molar-refractivity contribution in [2.24, 2.45) is 0 Å². The lowest BCUT2D eigenvalue weighted by atomic mass is 10.1. The summed E-state index contributed by atoms with van der Waals surface area (Å²) in [5.74, 6) is 0.443. The molecule has 2 atom stereocenters. The second kappa shape index (κ2) is 7.35. The molecule has 0 aliphatic rings. The summed E-state index contributed by atoms with van der Waals surface area (Å²) in [5.41, 5.74) is 1.10. The lowest BCUT2D eigenvalue weighted by Crippen LogP contribution is -2.38. The van der Waals surface area contributed by atoms with E-state index < -0.39 is 6.04 Å². The molecule has 0 aliphatic heterocycles. The van der Waals surface area contributed by atoms with Gasteiger partial charge in [0.1, 0.15) is 17.3 Å². The largest absolute Gasteiger partial charge is 0.497 e. The molecule has 1 aromatic heterocycles. The standard InChI is InChI=1S/C19H20N4O3/c1-12(14-8-10-15(26-3)11-9-14)20-18(24)13(2)23-19(25)16-6-4-5-7-17(16)21-22-23/h4-13H,1-3H3,(H,20,24)/t12-,13?/m0/s1. The Balaban J connectivity index is 1.79. The molecule has 0 aliphatic carbocycles. The number of benzene rings is 2. The van der Waals surface area contributed by atoms with Gasteiger partial charge in [0.05, 0.1) is 18.5 Å². The SMILES string of the molecule is COc1ccc([C@H](C)NC(=O)C(C)n2nnc3ccccc3c2=O)cc1. The molecular formula is C19H20N4O3. The van der Waals surface area contributed by atoms with E-state index in [-0.39, 0.29) is 17.5 Å². The van der Waals surface area contributed by atoms with Crippen LogP contribution in [-0.4, -0.2) is 28.0 Å². The summed E-state index contributed by atoms with van der Waals surface area (Å²) in [6.07, 6.45) is 0. The molecule has 0 spiro atoms. The molecule has 134 valence electrons. The smallest absolute Gasteiger partial charge is 0.278 e. The molecule has 1 amide bonds. The highest BCUT2D eigenvalue weighted by molar-refractivity contribution is 5.81. The van der Waals surface area contributed by atoms with E-state index in [9.17, 15) is 9.59 Å². The van der Waals surface area contributed by atoms with Gasteiger partial charge in [0.15, 0.2) is 0 Å². The zero-order valence-corrected chi connectivity index (χ0v) is 14.8. The van der Waals surface area contributed by atoms with Gasteiger partial charge in [-0.25, -0.2) is 0 Å². The van der Waals surface area contributed by atoms with Crippen LogP contribution in [-0.2, 0) is 4.79 Å². The molecule has 1 N–H and O–H groups in total. The van der Waals surface area contributed by atoms with Crippen LogP contribution in [0.3, 0.4) is 0 Å². The molecule has 7 heteroatoms. The summed E-state index contributed by atoms with van der Waals surface area (Å²) < 4.78 is 6.24. The highest BCUT2D eigenvalue weighted by atomic mass is 16.5. The average Bonchev–Trinajstić information content (AvgIpc) is 2.68. The van der Waals surface area contributed by atoms with Crippen molar-refractivity contribution in [1.82, 2.24) is 20.3 Å². The van der Waals surface area contributed by atoms with Gasteiger partial charge in [-0.05, 0) is 43.7 Å². The number of nitrogens with one attached hydrogen (secondary N) is 1. The maximum atomic E-state index is 12.6. The van der Waals surface area contributed by atoms with Crippen molar-refractivity contribution >= 4 is 16.8 Å². The number of ether oxygens (including phenoxy) is 1. The predicted molar refractivity (Wildman–Crippen MR) is 98.1 cm³/mol. The summed E-state index contributed by atoms with van der Waals surface area (Å²) in [6.45, 7) is 3.50. The Hall–Kier alpha value is -3.22. The molecule has 2 aromatic carbocycles. The van der Waals surface area contributed by atoms with Gasteiger partial charge in [-0.3, -0.25) is 9.59 Å². The van der Waals surface area contributed by atoms with Gasteiger partial charge in [-0.15, -0.1) is 5.10 Å². The first-order valence-electron chi connectivity index (χ1n) is 8.30. The van der Waals surface area contributed by atoms with E-state index in [2.05, 4.69) is 15.6 Å². The van der Waals surface area contributed by atoms with Crippen molar-refractivity contribution in [3.63, 3.8) is 0 Å². The van der Waals surface area contributed by atoms with Gasteiger partial charge in [-0.1, -0.05) is 29.5 Å². The summed E-state index contributed by atoms with van der Waals surface area (Å²) in [6, 6.07) is 13.4. The minimum absolute atomic E-state index is 0.222. The van der Waals surface area contributed by atoms with Gasteiger partial charge in [-0.2, -0.15) is 4.68 Å². The van der Waals surface area contributed by atoms with E-state index >= 15 is 0 Å². The van der Waals surface area contributed by atoms with Gasteiger partial charge >= 0.3 is 0 Å². The fraction of sp³-hybridized carbons (Fsp3) is 0.263. The molecule has 1 heterocycles. The number of aromatic nitrogens is 3. The maximum Gasteiger partial charge on any atom is 0.278 e. The molecule has 0 radical (unpaired) electrons. The van der Waals surface area contributed by atoms with Crippen LogP contribution in [0.25, 0.3) is 10.9 Å². The van der Waals surface area contributed by atoms with E-state index in [0.717, 1.165) is 16.0 Å². The maximum absolute atomic E-state index is 12.6. The quantitative estimate of drug-likeness (QED) is 0.761. The van der Waals surface area contributed by atoms with E-state index in [1.807, 2.05) is 31.2 Å². The van der Waals surface area contributed by atoms with Crippen molar-refractivity contribution in [3.05, 3.63) is 64.4 Å². The van der Waals surface area contributed by atoms with Crippen LogP contribution in [0.4, 0.5) is 0 Å². The van der Waals surface area contributed by atoms with Gasteiger partial charge < -0.3 is 10.1 Å². The number of carbonyl (C=O) groups excluding carboxylic acids is 1. The van der Waals surface area contributed by atoms with Crippen LogP contribution in [0.1, 0.15) is 31.5 Å². The van der Waals surface area contributed by atoms with Crippen molar-refractivity contribution < 1.29 is 9.53 Å². The van der Waals surface area contributed by atoms with Crippen molar-refractivity contribution in [2.75, 3.05) is 7.11 Å². The van der Waals surface area contributed by atoms with Crippen LogP contribution in [0.2, 0.25) is 0 Å². The number of nitrogens with zero attached hydrogens (tertiary/aromatic N) is 3. The van der Waals surface area contributed by atoms with E-state index in [0.29, 0.717) is 10.9 Å². The third kappa shape index (κ3) is 3.42. The van der Waals surface area contributed by atoms with Crippen LogP contribution >= 0.6 is 0 Å². The number of rotatable bonds is 5. The zero-order valence-electron chi connectivity index (χ0n) is 14.8. The molecule has 3 aromatic rings. The minimum Gasteiger partial charge on any atom is -0.497 e. The molecular weight excluding hydrogens is 332 g/mol. The van der Waals surface area contributed by atoms with Gasteiger partial charge in [0, 0.05) is 0 Å². The van der Waals surface area contributed by atoms with Crippen molar-refractivity contribution in [2.45, 2.75) is 25.9 Å². The lowest BCUT2D eigenvalue weighted by Gasteiger charge is -2.18. The van der Waals surface area contributed by atoms with Crippen LogP contribution < -0.4 is 15.6 Å². The van der Waals surface area contributed by atoms with Crippen LogP contribution in [0.15, 0.2) is 53.3 Å². The lowest BCUT2D eigenvalue weighted by molar-refractivity contribution is -0.124. The fourth-order valence-corrected chi connectivity index (χ4v) is 2.68. The molecule has 1 unspecified atom stereocenters. The number of amides is 1. The summed E-state index contributed by atoms with van der Waals surface area (Å²) in [5, 5.41) is 11.3. The Morgan fingerprint density at radius 2 is 1.81 bits per heavy atom. The number of methoxy groups -OCH3 is 1. The Bertz CT molecular complexity index is 982. The third-order valence-electron chi connectivity index (χ3n) is 4.31. The first kappa shape index (κ1) is 17.6. The highest BCUT2D eigenvalue weighted by Crippen LogP contribution is 2.18. The monoisotopic (exact) mass is 352 g/mol. The first-order valence-corrected chi connectivity index (χ1v) is 8.30. The van der Waals surface area contributed by atoms with E-state index in [1.54, 1.807) is 38.3 Å². The van der Waals surface area contributed by atoms with Crippen LogP contribution in [0, 0.1) is 0 Å². The van der Waals surface area contributed by atoms with E-state index in [1.165, 1.54) is 0 Å². The van der Waals surface area contributed by atoms with Crippen molar-refractivity contribution in [1.29, 1.82) is 0 Å². The zero-order chi connectivity index (χ0) is 18.7. The molecule has 7 nitrogen and oxygen atoms in total. The van der Waals surface area contributed by atoms with Gasteiger partial charge in [0.2, 0.25) is 5.91 Å². The second-order valence-corrected chi connectivity index (χ2v) is 6.04. The number of carbonyl (C=O) groups is 1. The summed E-state index contributed by atoms with van der Waals surface area (Å²) in [7, 11) is 1.60. The Morgan fingerprint density at radius 1 is 1.12 bits per heavy atom. The summed E-state index contributed by atoms with van der Waals surface area (Å²) in [4.78, 5) is 25.1. The second-order valence-electron chi connectivity index (χ2n) is 6.04. The van der Waals surface area contributed by atoms with Crippen LogP contribution in [0.5, 0.6) is 5.75 Å². The molecule has 26 heavy (non-hydrogen) atoms. The summed E-state index contributed by atoms with van der Waals surface area (Å²) >= 11 is 0.